The maximum atomic E-state index is 13.0. The Morgan fingerprint density at radius 1 is 1.17 bits per heavy atom. The molecule has 7 nitrogen and oxygen atoms in total. The molecule has 0 spiro atoms. The van der Waals surface area contributed by atoms with Crippen LogP contribution in [-0.4, -0.2) is 28.9 Å². The van der Waals surface area contributed by atoms with Crippen LogP contribution in [0.4, 0.5) is 15.8 Å². The fraction of sp³-hybridized carbons (Fsp3) is 0.200. The Bertz CT molecular complexity index is 1020. The molecule has 29 heavy (non-hydrogen) atoms. The number of thiazole rings is 1. The van der Waals surface area contributed by atoms with E-state index in [4.69, 9.17) is 0 Å². The van der Waals surface area contributed by atoms with Crippen molar-refractivity contribution in [2.24, 2.45) is 0 Å². The van der Waals surface area contributed by atoms with Crippen molar-refractivity contribution in [1.29, 1.82) is 0 Å². The first-order valence-electron chi connectivity index (χ1n) is 8.90. The van der Waals surface area contributed by atoms with Crippen LogP contribution in [-0.2, 0) is 6.42 Å². The molecule has 150 valence electrons. The average molecular weight is 414 g/mol. The molecule has 3 rings (SSSR count). The number of para-hydroxylation sites is 2. The molecule has 0 aliphatic carbocycles. The molecule has 0 aliphatic rings. The minimum absolute atomic E-state index is 0.0115. The second-order valence-corrected chi connectivity index (χ2v) is 7.37. The van der Waals surface area contributed by atoms with Crippen molar-refractivity contribution in [3.8, 4) is 0 Å². The van der Waals surface area contributed by atoms with Gasteiger partial charge in [-0.25, -0.2) is 9.37 Å². The van der Waals surface area contributed by atoms with Crippen LogP contribution in [0.5, 0.6) is 0 Å². The van der Waals surface area contributed by atoms with Gasteiger partial charge in [-0.15, -0.1) is 11.3 Å². The van der Waals surface area contributed by atoms with Gasteiger partial charge in [0.25, 0.3) is 11.6 Å². The fourth-order valence-corrected chi connectivity index (χ4v) is 3.77. The van der Waals surface area contributed by atoms with Crippen LogP contribution < -0.4 is 10.6 Å². The molecule has 1 aromatic heterocycles. The van der Waals surface area contributed by atoms with Gasteiger partial charge in [-0.1, -0.05) is 24.3 Å². The lowest BCUT2D eigenvalue weighted by molar-refractivity contribution is -0.384. The van der Waals surface area contributed by atoms with Crippen molar-refractivity contribution < 1.29 is 14.1 Å². The summed E-state index contributed by atoms with van der Waals surface area (Å²) in [7, 11) is 0. The largest absolute Gasteiger partial charge is 0.378 e. The van der Waals surface area contributed by atoms with Crippen LogP contribution in [0.1, 0.15) is 25.9 Å². The highest BCUT2D eigenvalue weighted by molar-refractivity contribution is 7.13. The standard InChI is InChI=1S/C20H19FN4O3S/c1-13-19(29-18(24-13)12-14-6-8-15(21)9-7-14)20(26)23-11-10-22-16-4-2-3-5-17(16)25(27)28/h2-9,22H,10-12H2,1H3,(H,23,26). The van der Waals surface area contributed by atoms with E-state index in [2.05, 4.69) is 15.6 Å². The summed E-state index contributed by atoms with van der Waals surface area (Å²) in [6, 6.07) is 12.5. The summed E-state index contributed by atoms with van der Waals surface area (Å²) in [4.78, 5) is 27.9. The van der Waals surface area contributed by atoms with Crippen molar-refractivity contribution in [2.75, 3.05) is 18.4 Å². The number of aryl methyl sites for hydroxylation is 1. The summed E-state index contributed by atoms with van der Waals surface area (Å²) in [5.41, 5.74) is 1.95. The minimum atomic E-state index is -0.454. The predicted molar refractivity (Wildman–Crippen MR) is 110 cm³/mol. The summed E-state index contributed by atoms with van der Waals surface area (Å²) < 4.78 is 13.0. The smallest absolute Gasteiger partial charge is 0.292 e. The third-order valence-corrected chi connectivity index (χ3v) is 5.30. The monoisotopic (exact) mass is 414 g/mol. The van der Waals surface area contributed by atoms with Gasteiger partial charge < -0.3 is 10.6 Å². The normalized spacial score (nSPS) is 10.6. The van der Waals surface area contributed by atoms with Crippen LogP contribution in [0, 0.1) is 22.9 Å². The quantitative estimate of drug-likeness (QED) is 0.331. The molecule has 0 fully saturated rings. The second-order valence-electron chi connectivity index (χ2n) is 6.28. The average Bonchev–Trinajstić information content (AvgIpc) is 3.07. The number of nitro groups is 1. The summed E-state index contributed by atoms with van der Waals surface area (Å²) in [5.74, 6) is -0.534. The highest BCUT2D eigenvalue weighted by Crippen LogP contribution is 2.23. The molecule has 0 aliphatic heterocycles. The van der Waals surface area contributed by atoms with Gasteiger partial charge >= 0.3 is 0 Å². The molecule has 0 bridgehead atoms. The van der Waals surface area contributed by atoms with E-state index in [9.17, 15) is 19.3 Å². The van der Waals surface area contributed by atoms with E-state index in [0.717, 1.165) is 10.6 Å². The third kappa shape index (κ3) is 5.35. The van der Waals surface area contributed by atoms with Gasteiger partial charge in [0.1, 0.15) is 16.4 Å². The number of hydrogen-bond acceptors (Lipinski definition) is 6. The first-order valence-corrected chi connectivity index (χ1v) is 9.72. The zero-order valence-electron chi connectivity index (χ0n) is 15.6. The minimum Gasteiger partial charge on any atom is -0.378 e. The number of amides is 1. The zero-order valence-corrected chi connectivity index (χ0v) is 16.5. The van der Waals surface area contributed by atoms with E-state index in [1.807, 2.05) is 0 Å². The number of nitrogens with one attached hydrogen (secondary N) is 2. The van der Waals surface area contributed by atoms with E-state index in [-0.39, 0.29) is 17.4 Å². The Hall–Kier alpha value is -3.33. The molecule has 1 amide bonds. The van der Waals surface area contributed by atoms with Gasteiger partial charge in [-0.2, -0.15) is 0 Å². The van der Waals surface area contributed by atoms with Gasteiger partial charge in [-0.05, 0) is 30.7 Å². The number of nitro benzene ring substituents is 1. The Balaban J connectivity index is 1.54. The molecular weight excluding hydrogens is 395 g/mol. The van der Waals surface area contributed by atoms with E-state index < -0.39 is 4.92 Å². The fourth-order valence-electron chi connectivity index (χ4n) is 2.75. The predicted octanol–water partition coefficient (Wildman–Crippen LogP) is 3.93. The molecule has 3 aromatic rings. The number of carbonyl (C=O) groups is 1. The molecule has 0 saturated heterocycles. The van der Waals surface area contributed by atoms with Gasteiger partial charge in [0, 0.05) is 25.6 Å². The van der Waals surface area contributed by atoms with E-state index in [1.165, 1.54) is 29.5 Å². The van der Waals surface area contributed by atoms with Crippen LogP contribution >= 0.6 is 11.3 Å². The molecule has 2 aromatic carbocycles. The van der Waals surface area contributed by atoms with Crippen molar-refractivity contribution in [1.82, 2.24) is 10.3 Å². The number of carbonyl (C=O) groups excluding carboxylic acids is 1. The Labute approximate surface area is 170 Å². The highest BCUT2D eigenvalue weighted by Gasteiger charge is 2.16. The first-order chi connectivity index (χ1) is 13.9. The van der Waals surface area contributed by atoms with Crippen molar-refractivity contribution >= 4 is 28.6 Å². The van der Waals surface area contributed by atoms with Crippen molar-refractivity contribution in [3.05, 3.63) is 85.6 Å². The lowest BCUT2D eigenvalue weighted by atomic mass is 10.1. The van der Waals surface area contributed by atoms with Crippen LogP contribution in [0.25, 0.3) is 0 Å². The maximum absolute atomic E-state index is 13.0. The van der Waals surface area contributed by atoms with Crippen molar-refractivity contribution in [3.63, 3.8) is 0 Å². The van der Waals surface area contributed by atoms with E-state index >= 15 is 0 Å². The van der Waals surface area contributed by atoms with Crippen LogP contribution in [0.15, 0.2) is 48.5 Å². The Morgan fingerprint density at radius 2 is 1.90 bits per heavy atom. The number of nitrogens with zero attached hydrogens (tertiary/aromatic N) is 2. The summed E-state index contributed by atoms with van der Waals surface area (Å²) in [6.07, 6.45) is 0.526. The molecule has 0 atom stereocenters. The molecule has 0 saturated carbocycles. The summed E-state index contributed by atoms with van der Waals surface area (Å²) in [5, 5.41) is 17.5. The van der Waals surface area contributed by atoms with Gasteiger partial charge in [0.15, 0.2) is 0 Å². The molecule has 2 N–H and O–H groups in total. The van der Waals surface area contributed by atoms with Crippen LogP contribution in [0.2, 0.25) is 0 Å². The third-order valence-electron chi connectivity index (χ3n) is 4.14. The molecule has 0 radical (unpaired) electrons. The Morgan fingerprint density at radius 3 is 2.62 bits per heavy atom. The second kappa shape index (κ2) is 9.24. The van der Waals surface area contributed by atoms with Crippen LogP contribution in [0.3, 0.4) is 0 Å². The lowest BCUT2D eigenvalue weighted by Crippen LogP contribution is -2.28. The first kappa shape index (κ1) is 20.4. The van der Waals surface area contributed by atoms with Crippen molar-refractivity contribution in [2.45, 2.75) is 13.3 Å². The number of hydrogen-bond donors (Lipinski definition) is 2. The molecule has 9 heteroatoms. The van der Waals surface area contributed by atoms with E-state index in [1.54, 1.807) is 37.3 Å². The zero-order chi connectivity index (χ0) is 20.8. The number of aromatic nitrogens is 1. The number of benzene rings is 2. The van der Waals surface area contributed by atoms with Gasteiger partial charge in [-0.3, -0.25) is 14.9 Å². The van der Waals surface area contributed by atoms with E-state index in [0.29, 0.717) is 35.8 Å². The van der Waals surface area contributed by atoms with Gasteiger partial charge in [0.05, 0.1) is 15.6 Å². The number of rotatable bonds is 8. The summed E-state index contributed by atoms with van der Waals surface area (Å²) >= 11 is 1.30. The lowest BCUT2D eigenvalue weighted by Gasteiger charge is -2.08. The SMILES string of the molecule is Cc1nc(Cc2ccc(F)cc2)sc1C(=O)NCCNc1ccccc1[N+](=O)[O-]. The molecular formula is C20H19FN4O3S. The molecule has 1 heterocycles. The Kier molecular flexibility index (Phi) is 6.50. The molecule has 0 unspecified atom stereocenters. The number of anilines is 1. The maximum Gasteiger partial charge on any atom is 0.292 e. The topological polar surface area (TPSA) is 97.2 Å². The number of halogens is 1. The van der Waals surface area contributed by atoms with Gasteiger partial charge in [0.2, 0.25) is 0 Å². The summed E-state index contributed by atoms with van der Waals surface area (Å²) in [6.45, 7) is 2.41. The highest BCUT2D eigenvalue weighted by atomic mass is 32.1.